The highest BCUT2D eigenvalue weighted by Crippen LogP contribution is 2.28. The Kier molecular flexibility index (Phi) is 3.62. The Bertz CT molecular complexity index is 540. The van der Waals surface area contributed by atoms with E-state index in [1.54, 1.807) is 29.7 Å². The van der Waals surface area contributed by atoms with Gasteiger partial charge in [0.1, 0.15) is 11.4 Å². The van der Waals surface area contributed by atoms with Crippen molar-refractivity contribution in [3.05, 3.63) is 46.3 Å². The number of thiophene rings is 1. The number of hydrogen-bond acceptors (Lipinski definition) is 4. The van der Waals surface area contributed by atoms with Gasteiger partial charge in [0.25, 0.3) is 0 Å². The third-order valence-corrected chi connectivity index (χ3v) is 3.93. The normalized spacial score (nSPS) is 12.1. The number of carboxylic acid groups (broad SMARTS) is 1. The molecule has 0 aliphatic carbocycles. The van der Waals surface area contributed by atoms with Crippen molar-refractivity contribution < 1.29 is 9.90 Å². The third kappa shape index (κ3) is 2.36. The first-order valence-electron chi connectivity index (χ1n) is 5.56. The van der Waals surface area contributed by atoms with Crippen LogP contribution in [-0.2, 0) is 0 Å². The lowest BCUT2D eigenvalue weighted by Gasteiger charge is -2.26. The fourth-order valence-corrected chi connectivity index (χ4v) is 2.57. The summed E-state index contributed by atoms with van der Waals surface area (Å²) in [4.78, 5) is 18.4. The Morgan fingerprint density at radius 1 is 1.44 bits per heavy atom. The summed E-state index contributed by atoms with van der Waals surface area (Å²) in [5, 5.41) is 11.2. The Labute approximate surface area is 110 Å². The Morgan fingerprint density at radius 2 is 2.22 bits per heavy atom. The van der Waals surface area contributed by atoms with Gasteiger partial charge in [-0.25, -0.2) is 9.78 Å². The summed E-state index contributed by atoms with van der Waals surface area (Å²) < 4.78 is 0. The van der Waals surface area contributed by atoms with E-state index >= 15 is 0 Å². The maximum atomic E-state index is 11.2. The van der Waals surface area contributed by atoms with E-state index < -0.39 is 5.97 Å². The van der Waals surface area contributed by atoms with Crippen LogP contribution in [0.1, 0.15) is 28.2 Å². The van der Waals surface area contributed by atoms with Crippen molar-refractivity contribution in [1.29, 1.82) is 0 Å². The van der Waals surface area contributed by atoms with E-state index in [9.17, 15) is 4.79 Å². The van der Waals surface area contributed by atoms with Crippen LogP contribution in [0.5, 0.6) is 0 Å². The van der Waals surface area contributed by atoms with Gasteiger partial charge in [0, 0.05) is 18.1 Å². The number of rotatable bonds is 4. The Hall–Kier alpha value is -1.88. The number of nitrogens with zero attached hydrogens (tertiary/aromatic N) is 2. The maximum absolute atomic E-state index is 11.2. The highest BCUT2D eigenvalue weighted by atomic mass is 32.1. The molecule has 1 N–H and O–H groups in total. The molecule has 0 saturated heterocycles. The molecule has 0 amide bonds. The summed E-state index contributed by atoms with van der Waals surface area (Å²) in [5.41, 5.74) is 0.225. The SMILES string of the molecule is CC(c1cccs1)N(C)c1ncccc1C(=O)O. The van der Waals surface area contributed by atoms with E-state index in [0.29, 0.717) is 5.82 Å². The molecule has 0 bridgehead atoms. The van der Waals surface area contributed by atoms with Crippen molar-refractivity contribution in [1.82, 2.24) is 4.98 Å². The monoisotopic (exact) mass is 262 g/mol. The third-order valence-electron chi connectivity index (χ3n) is 2.89. The smallest absolute Gasteiger partial charge is 0.339 e. The van der Waals surface area contributed by atoms with Crippen molar-refractivity contribution in [3.8, 4) is 0 Å². The number of hydrogen-bond donors (Lipinski definition) is 1. The van der Waals surface area contributed by atoms with Crippen LogP contribution in [0.2, 0.25) is 0 Å². The molecule has 0 aliphatic heterocycles. The average molecular weight is 262 g/mol. The van der Waals surface area contributed by atoms with Crippen LogP contribution in [0, 0.1) is 0 Å². The van der Waals surface area contributed by atoms with E-state index in [2.05, 4.69) is 4.98 Å². The van der Waals surface area contributed by atoms with Crippen molar-refractivity contribution in [2.75, 3.05) is 11.9 Å². The molecule has 5 heteroatoms. The Balaban J connectivity index is 2.34. The second-order valence-electron chi connectivity index (χ2n) is 3.98. The minimum atomic E-state index is -0.955. The maximum Gasteiger partial charge on any atom is 0.339 e. The van der Waals surface area contributed by atoms with Gasteiger partial charge in [-0.15, -0.1) is 11.3 Å². The summed E-state index contributed by atoms with van der Waals surface area (Å²) in [6.45, 7) is 2.03. The molecule has 1 unspecified atom stereocenters. The minimum absolute atomic E-state index is 0.0954. The first-order chi connectivity index (χ1) is 8.61. The lowest BCUT2D eigenvalue weighted by molar-refractivity contribution is 0.0697. The molecule has 1 atom stereocenters. The van der Waals surface area contributed by atoms with Gasteiger partial charge in [0.15, 0.2) is 0 Å². The fourth-order valence-electron chi connectivity index (χ4n) is 1.75. The second-order valence-corrected chi connectivity index (χ2v) is 4.96. The number of carboxylic acids is 1. The van der Waals surface area contributed by atoms with Gasteiger partial charge in [-0.05, 0) is 30.5 Å². The van der Waals surface area contributed by atoms with Gasteiger partial charge in [-0.1, -0.05) is 6.07 Å². The molecule has 2 rings (SSSR count). The molecule has 0 radical (unpaired) electrons. The van der Waals surface area contributed by atoms with Crippen LogP contribution in [0.3, 0.4) is 0 Å². The van der Waals surface area contributed by atoms with E-state index in [4.69, 9.17) is 5.11 Å². The number of pyridine rings is 1. The van der Waals surface area contributed by atoms with Gasteiger partial charge in [0.2, 0.25) is 0 Å². The van der Waals surface area contributed by atoms with Crippen LogP contribution in [0.4, 0.5) is 5.82 Å². The molecule has 2 heterocycles. The first kappa shape index (κ1) is 12.6. The van der Waals surface area contributed by atoms with Crippen LogP contribution in [0.15, 0.2) is 35.8 Å². The van der Waals surface area contributed by atoms with Crippen molar-refractivity contribution >= 4 is 23.1 Å². The zero-order chi connectivity index (χ0) is 13.1. The molecule has 2 aromatic heterocycles. The predicted molar refractivity (Wildman–Crippen MR) is 72.3 cm³/mol. The molecular formula is C13H14N2O2S. The fraction of sp³-hybridized carbons (Fsp3) is 0.231. The summed E-state index contributed by atoms with van der Waals surface area (Å²) >= 11 is 1.65. The number of carbonyl (C=O) groups is 1. The summed E-state index contributed by atoms with van der Waals surface area (Å²) in [6, 6.07) is 7.33. The van der Waals surface area contributed by atoms with Crippen molar-refractivity contribution in [2.24, 2.45) is 0 Å². The van der Waals surface area contributed by atoms with Crippen LogP contribution in [0.25, 0.3) is 0 Å². The van der Waals surface area contributed by atoms with E-state index in [0.717, 1.165) is 0 Å². The van der Waals surface area contributed by atoms with Crippen LogP contribution in [-0.4, -0.2) is 23.1 Å². The van der Waals surface area contributed by atoms with Crippen LogP contribution < -0.4 is 4.90 Å². The standard InChI is InChI=1S/C13H14N2O2S/c1-9(11-6-4-8-18-11)15(2)12-10(13(16)17)5-3-7-14-12/h3-9H,1-2H3,(H,16,17). The number of aromatic nitrogens is 1. The topological polar surface area (TPSA) is 53.4 Å². The molecule has 0 aromatic carbocycles. The minimum Gasteiger partial charge on any atom is -0.478 e. The molecular weight excluding hydrogens is 248 g/mol. The zero-order valence-electron chi connectivity index (χ0n) is 10.2. The highest BCUT2D eigenvalue weighted by Gasteiger charge is 2.19. The van der Waals surface area contributed by atoms with E-state index in [1.165, 1.54) is 4.88 Å². The molecule has 4 nitrogen and oxygen atoms in total. The molecule has 0 spiro atoms. The van der Waals surface area contributed by atoms with Gasteiger partial charge in [-0.3, -0.25) is 0 Å². The number of aromatic carboxylic acids is 1. The van der Waals surface area contributed by atoms with Gasteiger partial charge >= 0.3 is 5.97 Å². The highest BCUT2D eigenvalue weighted by molar-refractivity contribution is 7.10. The average Bonchev–Trinajstić information content (AvgIpc) is 2.90. The molecule has 0 saturated carbocycles. The van der Waals surface area contributed by atoms with Gasteiger partial charge < -0.3 is 10.0 Å². The van der Waals surface area contributed by atoms with Gasteiger partial charge in [-0.2, -0.15) is 0 Å². The number of anilines is 1. The van der Waals surface area contributed by atoms with E-state index in [-0.39, 0.29) is 11.6 Å². The summed E-state index contributed by atoms with van der Waals surface area (Å²) in [6.07, 6.45) is 1.61. The lowest BCUT2D eigenvalue weighted by Crippen LogP contribution is -2.24. The van der Waals surface area contributed by atoms with Gasteiger partial charge in [0.05, 0.1) is 6.04 Å². The molecule has 94 valence electrons. The van der Waals surface area contributed by atoms with Crippen molar-refractivity contribution in [3.63, 3.8) is 0 Å². The molecule has 2 aromatic rings. The van der Waals surface area contributed by atoms with Crippen molar-refractivity contribution in [2.45, 2.75) is 13.0 Å². The predicted octanol–water partition coefficient (Wildman–Crippen LogP) is 3.04. The quantitative estimate of drug-likeness (QED) is 0.920. The lowest BCUT2D eigenvalue weighted by atomic mass is 10.2. The summed E-state index contributed by atoms with van der Waals surface area (Å²) in [5.74, 6) is -0.464. The summed E-state index contributed by atoms with van der Waals surface area (Å²) in [7, 11) is 1.86. The molecule has 18 heavy (non-hydrogen) atoms. The van der Waals surface area contributed by atoms with E-state index in [1.807, 2.05) is 36.4 Å². The first-order valence-corrected chi connectivity index (χ1v) is 6.43. The molecule has 0 fully saturated rings. The second kappa shape index (κ2) is 5.18. The largest absolute Gasteiger partial charge is 0.478 e. The Morgan fingerprint density at radius 3 is 2.83 bits per heavy atom. The molecule has 0 aliphatic rings. The zero-order valence-corrected chi connectivity index (χ0v) is 11.0. The van der Waals surface area contributed by atoms with Crippen LogP contribution >= 0.6 is 11.3 Å².